The summed E-state index contributed by atoms with van der Waals surface area (Å²) in [4.78, 5) is 52.6. The molecular formula is C30H26O7. The molecule has 2 aliphatic carbocycles. The number of benzene rings is 3. The maximum absolute atomic E-state index is 13.5. The van der Waals surface area contributed by atoms with Gasteiger partial charge in [-0.1, -0.05) is 30.3 Å². The van der Waals surface area contributed by atoms with E-state index in [4.69, 9.17) is 9.47 Å². The molecule has 0 saturated heterocycles. The highest BCUT2D eigenvalue weighted by molar-refractivity contribution is 6.30. The molecule has 0 radical (unpaired) electrons. The van der Waals surface area contributed by atoms with Gasteiger partial charge in [0.25, 0.3) is 0 Å². The van der Waals surface area contributed by atoms with Crippen molar-refractivity contribution in [3.63, 3.8) is 0 Å². The summed E-state index contributed by atoms with van der Waals surface area (Å²) in [5, 5.41) is 11.6. The minimum absolute atomic E-state index is 0.0204. The molecule has 0 bridgehead atoms. The molecule has 188 valence electrons. The zero-order valence-electron chi connectivity index (χ0n) is 21.3. The van der Waals surface area contributed by atoms with Crippen LogP contribution < -0.4 is 4.74 Å². The Bertz CT molecular complexity index is 1550. The van der Waals surface area contributed by atoms with Crippen molar-refractivity contribution in [3.8, 4) is 22.6 Å². The largest absolute Gasteiger partial charge is 0.506 e. The van der Waals surface area contributed by atoms with E-state index < -0.39 is 23.1 Å². The van der Waals surface area contributed by atoms with Crippen molar-refractivity contribution in [2.45, 2.75) is 40.5 Å². The molecule has 7 heteroatoms. The van der Waals surface area contributed by atoms with Crippen LogP contribution >= 0.6 is 0 Å². The van der Waals surface area contributed by atoms with Crippen molar-refractivity contribution >= 4 is 23.5 Å². The fraction of sp³-hybridized carbons (Fsp3) is 0.267. The highest BCUT2D eigenvalue weighted by Gasteiger charge is 2.38. The third-order valence-corrected chi connectivity index (χ3v) is 6.94. The van der Waals surface area contributed by atoms with Crippen LogP contribution in [0.5, 0.6) is 11.5 Å². The lowest BCUT2D eigenvalue weighted by Crippen LogP contribution is -2.27. The Morgan fingerprint density at radius 2 is 1.46 bits per heavy atom. The smallest absolute Gasteiger partial charge is 0.341 e. The molecule has 1 N–H and O–H groups in total. The average Bonchev–Trinajstić information content (AvgIpc) is 2.85. The number of ketones is 2. The number of aromatic hydroxyl groups is 1. The molecule has 0 aliphatic heterocycles. The molecule has 0 amide bonds. The Morgan fingerprint density at radius 3 is 2.05 bits per heavy atom. The molecule has 0 heterocycles. The molecule has 0 unspecified atom stereocenters. The monoisotopic (exact) mass is 498 g/mol. The van der Waals surface area contributed by atoms with Gasteiger partial charge in [-0.3, -0.25) is 14.4 Å². The lowest BCUT2D eigenvalue weighted by molar-refractivity contribution is -0.142. The maximum Gasteiger partial charge on any atom is 0.341 e. The Labute approximate surface area is 214 Å². The number of ether oxygens (including phenoxy) is 2. The first-order chi connectivity index (χ1) is 17.5. The van der Waals surface area contributed by atoms with Crippen LogP contribution in [0.15, 0.2) is 36.4 Å². The van der Waals surface area contributed by atoms with Crippen LogP contribution in [0.25, 0.3) is 11.1 Å². The minimum atomic E-state index is -0.883. The van der Waals surface area contributed by atoms with Crippen molar-refractivity contribution in [3.05, 3.63) is 80.9 Å². The number of methoxy groups -OCH3 is 1. The van der Waals surface area contributed by atoms with Gasteiger partial charge >= 0.3 is 11.9 Å². The predicted octanol–water partition coefficient (Wildman–Crippen LogP) is 4.98. The number of carbonyl (C=O) groups is 4. The topological polar surface area (TPSA) is 107 Å². The molecule has 2 aliphatic rings. The van der Waals surface area contributed by atoms with Gasteiger partial charge in [-0.25, -0.2) is 4.79 Å². The molecule has 7 nitrogen and oxygen atoms in total. The summed E-state index contributed by atoms with van der Waals surface area (Å²) in [6.07, 6.45) is 0.998. The fourth-order valence-corrected chi connectivity index (χ4v) is 5.07. The van der Waals surface area contributed by atoms with E-state index in [1.807, 2.05) is 0 Å². The first kappa shape index (κ1) is 24.4. The summed E-state index contributed by atoms with van der Waals surface area (Å²) in [6, 6.07) is 9.95. The van der Waals surface area contributed by atoms with E-state index in [1.165, 1.54) is 7.11 Å². The summed E-state index contributed by atoms with van der Waals surface area (Å²) >= 11 is 0. The van der Waals surface area contributed by atoms with Gasteiger partial charge in [0, 0.05) is 27.8 Å². The molecular weight excluding hydrogens is 472 g/mol. The highest BCUT2D eigenvalue weighted by Crippen LogP contribution is 2.50. The zero-order chi connectivity index (χ0) is 26.8. The van der Waals surface area contributed by atoms with Crippen LogP contribution in [0, 0.1) is 12.3 Å². The summed E-state index contributed by atoms with van der Waals surface area (Å²) in [7, 11) is 1.24. The summed E-state index contributed by atoms with van der Waals surface area (Å²) in [5.41, 5.74) is 2.29. The molecule has 3 aromatic rings. The first-order valence-electron chi connectivity index (χ1n) is 12.0. The molecule has 3 aromatic carbocycles. The molecule has 5 rings (SSSR count). The second kappa shape index (κ2) is 8.40. The second-order valence-corrected chi connectivity index (χ2v) is 10.4. The lowest BCUT2D eigenvalue weighted by Gasteiger charge is -2.29. The quantitative estimate of drug-likeness (QED) is 0.307. The second-order valence-electron chi connectivity index (χ2n) is 10.4. The number of esters is 2. The van der Waals surface area contributed by atoms with E-state index in [0.29, 0.717) is 35.1 Å². The molecule has 0 spiro atoms. The number of carbonyl (C=O) groups excluding carboxylic acids is 4. The normalized spacial score (nSPS) is 13.8. The van der Waals surface area contributed by atoms with E-state index in [0.717, 1.165) is 5.56 Å². The minimum Gasteiger partial charge on any atom is -0.506 e. The van der Waals surface area contributed by atoms with E-state index in [9.17, 15) is 24.3 Å². The fourth-order valence-electron chi connectivity index (χ4n) is 5.07. The van der Waals surface area contributed by atoms with Crippen LogP contribution in [-0.4, -0.2) is 35.7 Å². The third kappa shape index (κ3) is 3.65. The number of hydrogen-bond acceptors (Lipinski definition) is 7. The van der Waals surface area contributed by atoms with Gasteiger partial charge in [0.05, 0.1) is 18.1 Å². The third-order valence-electron chi connectivity index (χ3n) is 6.94. The molecule has 0 fully saturated rings. The summed E-state index contributed by atoms with van der Waals surface area (Å²) < 4.78 is 10.9. The highest BCUT2D eigenvalue weighted by atomic mass is 16.5. The van der Waals surface area contributed by atoms with Crippen LogP contribution in [0.4, 0.5) is 0 Å². The SMILES string of the molecule is COC(=O)c1c(C)cc2c(c1OC(=O)C(C)(C)C)-c1c(cc3c(c1O)C(=O)c1ccccc1C3=O)CC2. The molecule has 37 heavy (non-hydrogen) atoms. The number of hydrogen-bond donors (Lipinski definition) is 1. The van der Waals surface area contributed by atoms with Crippen LogP contribution in [0.1, 0.15) is 79.7 Å². The van der Waals surface area contributed by atoms with Crippen molar-refractivity contribution in [2.24, 2.45) is 5.41 Å². The van der Waals surface area contributed by atoms with Gasteiger partial charge in [0.15, 0.2) is 17.3 Å². The Balaban J connectivity index is 1.83. The number of fused-ring (bicyclic) bond motifs is 5. The Hall–Kier alpha value is -4.26. The number of aryl methyl sites for hydroxylation is 3. The average molecular weight is 499 g/mol. The Morgan fingerprint density at radius 1 is 0.865 bits per heavy atom. The summed E-state index contributed by atoms with van der Waals surface area (Å²) in [6.45, 7) is 6.80. The van der Waals surface area contributed by atoms with Crippen molar-refractivity contribution in [2.75, 3.05) is 7.11 Å². The number of rotatable bonds is 2. The van der Waals surface area contributed by atoms with Gasteiger partial charge in [0.1, 0.15) is 11.3 Å². The van der Waals surface area contributed by atoms with Crippen molar-refractivity contribution in [1.29, 1.82) is 0 Å². The summed E-state index contributed by atoms with van der Waals surface area (Å²) in [5.74, 6) is -2.46. The number of phenolic OH excluding ortho intramolecular Hbond substituents is 1. The van der Waals surface area contributed by atoms with Gasteiger partial charge in [-0.05, 0) is 63.3 Å². The number of phenols is 1. The predicted molar refractivity (Wildman–Crippen MR) is 135 cm³/mol. The van der Waals surface area contributed by atoms with Crippen molar-refractivity contribution < 1.29 is 33.8 Å². The first-order valence-corrected chi connectivity index (χ1v) is 12.0. The molecule has 0 saturated carbocycles. The zero-order valence-corrected chi connectivity index (χ0v) is 21.3. The lowest BCUT2D eigenvalue weighted by atomic mass is 9.76. The Kier molecular flexibility index (Phi) is 5.55. The van der Waals surface area contributed by atoms with Crippen LogP contribution in [0.3, 0.4) is 0 Å². The van der Waals surface area contributed by atoms with Gasteiger partial charge in [-0.15, -0.1) is 0 Å². The van der Waals surface area contributed by atoms with Gasteiger partial charge in [0.2, 0.25) is 0 Å². The van der Waals surface area contributed by atoms with Gasteiger partial charge < -0.3 is 14.6 Å². The van der Waals surface area contributed by atoms with Crippen LogP contribution in [0.2, 0.25) is 0 Å². The van der Waals surface area contributed by atoms with Gasteiger partial charge in [-0.2, -0.15) is 0 Å². The maximum atomic E-state index is 13.5. The molecule has 0 aromatic heterocycles. The standard InChI is InChI=1S/C30H26O7/c1-14-12-15-10-11-16-13-19-23(25(32)18-9-7-6-8-17(18)24(19)31)26(33)21(16)22(15)27(20(14)28(34)36-5)37-29(35)30(2,3)4/h6-9,12-13,33H,10-11H2,1-5H3. The van der Waals surface area contributed by atoms with E-state index >= 15 is 0 Å². The molecule has 0 atom stereocenters. The van der Waals surface area contributed by atoms with E-state index in [1.54, 1.807) is 64.1 Å². The van der Waals surface area contributed by atoms with E-state index in [2.05, 4.69) is 0 Å². The van der Waals surface area contributed by atoms with Crippen molar-refractivity contribution in [1.82, 2.24) is 0 Å². The van der Waals surface area contributed by atoms with Crippen LogP contribution in [-0.2, 0) is 22.4 Å². The van der Waals surface area contributed by atoms with E-state index in [-0.39, 0.29) is 45.1 Å².